The van der Waals surface area contributed by atoms with E-state index in [0.717, 1.165) is 30.7 Å². The lowest BCUT2D eigenvalue weighted by Crippen LogP contribution is -2.45. The number of hydrogen-bond acceptors (Lipinski definition) is 4. The number of urea groups is 1. The molecule has 2 aromatic rings. The molecular weight excluding hydrogens is 403 g/mol. The average molecular weight is 421 g/mol. The number of rotatable bonds is 3. The topological polar surface area (TPSA) is 96.2 Å². The summed E-state index contributed by atoms with van der Waals surface area (Å²) in [5, 5.41) is 8.65. The maximum atomic E-state index is 13.5. The zero-order chi connectivity index (χ0) is 20.1. The van der Waals surface area contributed by atoms with Crippen LogP contribution in [-0.4, -0.2) is 31.1 Å². The lowest BCUT2D eigenvalue weighted by Gasteiger charge is -2.23. The zero-order valence-corrected chi connectivity index (χ0v) is 16.3. The Labute approximate surface area is 170 Å². The van der Waals surface area contributed by atoms with Crippen molar-refractivity contribution < 1.29 is 14.0 Å². The van der Waals surface area contributed by atoms with Crippen molar-refractivity contribution in [1.82, 2.24) is 10.6 Å². The first kappa shape index (κ1) is 20.1. The molecular formula is C19H18ClFN4O2S. The molecule has 28 heavy (non-hydrogen) atoms. The van der Waals surface area contributed by atoms with Crippen molar-refractivity contribution in [2.45, 2.75) is 18.9 Å². The van der Waals surface area contributed by atoms with E-state index in [0.29, 0.717) is 27.5 Å². The number of anilines is 1. The van der Waals surface area contributed by atoms with Gasteiger partial charge in [-0.1, -0.05) is 23.4 Å². The summed E-state index contributed by atoms with van der Waals surface area (Å²) >= 11 is 6.79. The molecule has 1 aliphatic rings. The van der Waals surface area contributed by atoms with Crippen LogP contribution in [0.25, 0.3) is 0 Å². The Kier molecular flexibility index (Phi) is 6.52. The molecule has 1 aromatic heterocycles. The Morgan fingerprint density at radius 2 is 2.14 bits per heavy atom. The number of nitrogens with one attached hydrogen (secondary N) is 3. The molecule has 1 atom stereocenters. The highest BCUT2D eigenvalue weighted by molar-refractivity contribution is 7.15. The number of hydrogen-bond donors (Lipinski definition) is 4. The van der Waals surface area contributed by atoms with Gasteiger partial charge in [0.15, 0.2) is 0 Å². The molecule has 1 fully saturated rings. The number of benzene rings is 1. The van der Waals surface area contributed by atoms with Gasteiger partial charge in [0.25, 0.3) is 5.91 Å². The SMILES string of the molecule is NC(=O)Nc1cc(C#Cc2ccc(Cl)c(F)c2)sc1C(=O)NC1CCCNC1. The third-order valence-corrected chi connectivity index (χ3v) is 5.43. The lowest BCUT2D eigenvalue weighted by molar-refractivity contribution is 0.0935. The molecule has 0 bridgehead atoms. The summed E-state index contributed by atoms with van der Waals surface area (Å²) in [5.41, 5.74) is 5.95. The minimum absolute atomic E-state index is 0.0192. The van der Waals surface area contributed by atoms with E-state index in [9.17, 15) is 14.0 Å². The van der Waals surface area contributed by atoms with E-state index >= 15 is 0 Å². The van der Waals surface area contributed by atoms with Crippen LogP contribution >= 0.6 is 22.9 Å². The fourth-order valence-corrected chi connectivity index (χ4v) is 3.77. The summed E-state index contributed by atoms with van der Waals surface area (Å²) in [4.78, 5) is 24.8. The summed E-state index contributed by atoms with van der Waals surface area (Å²) < 4.78 is 13.5. The molecule has 1 aliphatic heterocycles. The largest absolute Gasteiger partial charge is 0.351 e. The molecule has 1 saturated heterocycles. The van der Waals surface area contributed by atoms with E-state index in [1.54, 1.807) is 12.1 Å². The normalized spacial score (nSPS) is 16.0. The van der Waals surface area contributed by atoms with E-state index in [1.165, 1.54) is 12.1 Å². The standard InChI is InChI=1S/C19H18ClFN4O2S/c20-14-6-4-11(8-15(14)21)3-5-13-9-16(25-19(22)27)17(28-13)18(26)24-12-2-1-7-23-10-12/h4,6,8-9,12,23H,1-2,7,10H2,(H,24,26)(H3,22,25,27). The van der Waals surface area contributed by atoms with Crippen LogP contribution in [0.5, 0.6) is 0 Å². The van der Waals surface area contributed by atoms with Gasteiger partial charge >= 0.3 is 6.03 Å². The van der Waals surface area contributed by atoms with Gasteiger partial charge in [-0.25, -0.2) is 9.18 Å². The van der Waals surface area contributed by atoms with Gasteiger partial charge in [-0.2, -0.15) is 0 Å². The van der Waals surface area contributed by atoms with Gasteiger partial charge in [0.2, 0.25) is 0 Å². The van der Waals surface area contributed by atoms with E-state index in [1.807, 2.05) is 0 Å². The second-order valence-corrected chi connectivity index (χ2v) is 7.70. The molecule has 1 unspecified atom stereocenters. The minimum atomic E-state index is -0.773. The number of nitrogens with two attached hydrogens (primary N) is 1. The van der Waals surface area contributed by atoms with Crippen LogP contribution < -0.4 is 21.7 Å². The molecule has 3 amide bonds. The summed E-state index contributed by atoms with van der Waals surface area (Å²) in [6, 6.07) is 5.07. The first-order valence-corrected chi connectivity index (χ1v) is 9.81. The first-order valence-electron chi connectivity index (χ1n) is 8.61. The number of piperidine rings is 1. The van der Waals surface area contributed by atoms with E-state index in [2.05, 4.69) is 27.8 Å². The molecule has 0 spiro atoms. The Balaban J connectivity index is 1.83. The van der Waals surface area contributed by atoms with Gasteiger partial charge in [0.1, 0.15) is 10.7 Å². The van der Waals surface area contributed by atoms with Gasteiger partial charge in [-0.3, -0.25) is 4.79 Å². The number of halogens is 2. The highest BCUT2D eigenvalue weighted by atomic mass is 35.5. The third kappa shape index (κ3) is 5.23. The van der Waals surface area contributed by atoms with Gasteiger partial charge in [-0.05, 0) is 43.7 Å². The lowest BCUT2D eigenvalue weighted by atomic mass is 10.1. The number of amides is 3. The number of carbonyl (C=O) groups excluding carboxylic acids is 2. The van der Waals surface area contributed by atoms with Crippen molar-refractivity contribution in [2.24, 2.45) is 5.73 Å². The first-order chi connectivity index (χ1) is 13.4. The highest BCUT2D eigenvalue weighted by Gasteiger charge is 2.21. The fraction of sp³-hybridized carbons (Fsp3) is 0.263. The molecule has 0 saturated carbocycles. The predicted octanol–water partition coefficient (Wildman–Crippen LogP) is 2.91. The Morgan fingerprint density at radius 1 is 1.32 bits per heavy atom. The summed E-state index contributed by atoms with van der Waals surface area (Å²) in [6.07, 6.45) is 1.87. The third-order valence-electron chi connectivity index (χ3n) is 4.08. The zero-order valence-electron chi connectivity index (χ0n) is 14.8. The molecule has 0 radical (unpaired) electrons. The number of carbonyl (C=O) groups is 2. The molecule has 1 aromatic carbocycles. The molecule has 9 heteroatoms. The Bertz CT molecular complexity index is 961. The van der Waals surface area contributed by atoms with Crippen molar-refractivity contribution in [3.63, 3.8) is 0 Å². The summed E-state index contributed by atoms with van der Waals surface area (Å²) in [5.74, 6) is 4.84. The van der Waals surface area contributed by atoms with Gasteiger partial charge in [0, 0.05) is 18.2 Å². The molecule has 0 aliphatic carbocycles. The number of thiophene rings is 1. The average Bonchev–Trinajstić information content (AvgIpc) is 3.05. The fourth-order valence-electron chi connectivity index (χ4n) is 2.78. The van der Waals surface area contributed by atoms with Crippen molar-refractivity contribution in [1.29, 1.82) is 0 Å². The maximum absolute atomic E-state index is 13.5. The summed E-state index contributed by atoms with van der Waals surface area (Å²) in [7, 11) is 0. The molecule has 146 valence electrons. The Morgan fingerprint density at radius 3 is 2.82 bits per heavy atom. The predicted molar refractivity (Wildman–Crippen MR) is 108 cm³/mol. The van der Waals surface area contributed by atoms with Crippen molar-refractivity contribution in [3.8, 4) is 11.8 Å². The van der Waals surface area contributed by atoms with E-state index < -0.39 is 11.8 Å². The molecule has 3 rings (SSSR count). The smallest absolute Gasteiger partial charge is 0.316 e. The van der Waals surface area contributed by atoms with Gasteiger partial charge < -0.3 is 21.7 Å². The molecule has 2 heterocycles. The van der Waals surface area contributed by atoms with Crippen molar-refractivity contribution >= 4 is 40.6 Å². The van der Waals surface area contributed by atoms with Crippen LogP contribution in [0.15, 0.2) is 24.3 Å². The van der Waals surface area contributed by atoms with Crippen molar-refractivity contribution in [3.05, 3.63) is 50.4 Å². The van der Waals surface area contributed by atoms with Crippen LogP contribution in [0.2, 0.25) is 5.02 Å². The number of primary amides is 1. The quantitative estimate of drug-likeness (QED) is 0.575. The van der Waals surface area contributed by atoms with Crippen LogP contribution in [0.3, 0.4) is 0 Å². The Hall–Kier alpha value is -2.60. The van der Waals surface area contributed by atoms with E-state index in [4.69, 9.17) is 17.3 Å². The monoisotopic (exact) mass is 420 g/mol. The van der Waals surface area contributed by atoms with Crippen LogP contribution in [0.4, 0.5) is 14.9 Å². The van der Waals surface area contributed by atoms with Gasteiger partial charge in [-0.15, -0.1) is 11.3 Å². The molecule has 5 N–H and O–H groups in total. The van der Waals surface area contributed by atoms with Crippen molar-refractivity contribution in [2.75, 3.05) is 18.4 Å². The second kappa shape index (κ2) is 9.06. The maximum Gasteiger partial charge on any atom is 0.316 e. The van der Waals surface area contributed by atoms with Crippen LogP contribution in [0, 0.1) is 17.7 Å². The summed E-state index contributed by atoms with van der Waals surface area (Å²) in [6.45, 7) is 1.63. The highest BCUT2D eigenvalue weighted by Crippen LogP contribution is 2.27. The second-order valence-electron chi connectivity index (χ2n) is 6.24. The molecule has 6 nitrogen and oxygen atoms in total. The van der Waals surface area contributed by atoms with Crippen LogP contribution in [0.1, 0.15) is 33.0 Å². The van der Waals surface area contributed by atoms with Crippen LogP contribution in [-0.2, 0) is 0 Å². The van der Waals surface area contributed by atoms with E-state index in [-0.39, 0.29) is 17.0 Å². The minimum Gasteiger partial charge on any atom is -0.351 e. The van der Waals surface area contributed by atoms with Gasteiger partial charge in [0.05, 0.1) is 15.6 Å².